The third-order valence-corrected chi connectivity index (χ3v) is 4.36. The molecule has 0 spiro atoms. The molecule has 1 saturated carbocycles. The van der Waals surface area contributed by atoms with Crippen LogP contribution in [0.1, 0.15) is 0 Å². The van der Waals surface area contributed by atoms with Crippen LogP contribution in [0.5, 0.6) is 5.75 Å². The first-order valence-corrected chi connectivity index (χ1v) is 7.18. The maximum atomic E-state index is 13.2. The van der Waals surface area contributed by atoms with Gasteiger partial charge in [0.2, 0.25) is 0 Å². The molecule has 1 aliphatic heterocycles. The minimum atomic E-state index is -0.926. The lowest BCUT2D eigenvalue weighted by Crippen LogP contribution is -2.38. The molecule has 0 radical (unpaired) electrons. The normalized spacial score (nSPS) is 25.5. The van der Waals surface area contributed by atoms with Gasteiger partial charge in [-0.05, 0) is 12.1 Å². The number of ether oxygens (including phenoxy) is 1. The van der Waals surface area contributed by atoms with Crippen molar-refractivity contribution in [3.05, 3.63) is 29.0 Å². The molecule has 3 rings (SSSR count). The van der Waals surface area contributed by atoms with Crippen LogP contribution >= 0.6 is 11.6 Å². The molecule has 1 aromatic rings. The van der Waals surface area contributed by atoms with Crippen molar-refractivity contribution >= 4 is 23.6 Å². The third-order valence-electron chi connectivity index (χ3n) is 4.05. The van der Waals surface area contributed by atoms with Crippen molar-refractivity contribution < 1.29 is 23.8 Å². The van der Waals surface area contributed by atoms with E-state index in [1.807, 2.05) is 0 Å². The molecule has 1 heterocycles. The number of hydrogen-bond donors (Lipinski definition) is 2. The number of nitrogens with one attached hydrogen (secondary N) is 1. The Morgan fingerprint density at radius 1 is 1.41 bits per heavy atom. The van der Waals surface area contributed by atoms with Gasteiger partial charge in [0.05, 0.1) is 5.02 Å². The highest BCUT2D eigenvalue weighted by molar-refractivity contribution is 6.30. The standard InChI is InChI=1S/C14H14ClFN2O4/c15-10-2-1-7(3-11(10)16)22-6-12(19)17-13-8-4-18(14(20)21)5-9(8)13/h1-3,8-9,13H,4-6H2,(H,17,19)(H,20,21)/t8-,9+,13+. The van der Waals surface area contributed by atoms with Crippen molar-refractivity contribution in [1.29, 1.82) is 0 Å². The molecular formula is C14H14ClFN2O4. The molecular weight excluding hydrogens is 315 g/mol. The fourth-order valence-corrected chi connectivity index (χ4v) is 2.96. The molecule has 1 saturated heterocycles. The van der Waals surface area contributed by atoms with Crippen LogP contribution in [0, 0.1) is 17.7 Å². The molecule has 118 valence electrons. The lowest BCUT2D eigenvalue weighted by Gasteiger charge is -2.16. The van der Waals surface area contributed by atoms with Gasteiger partial charge in [0.25, 0.3) is 5.91 Å². The lowest BCUT2D eigenvalue weighted by molar-refractivity contribution is -0.123. The van der Waals surface area contributed by atoms with E-state index in [2.05, 4.69) is 5.32 Å². The first-order valence-electron chi connectivity index (χ1n) is 6.81. The van der Waals surface area contributed by atoms with E-state index in [9.17, 15) is 14.0 Å². The summed E-state index contributed by atoms with van der Waals surface area (Å²) in [6.45, 7) is 0.683. The number of fused-ring (bicyclic) bond motifs is 1. The zero-order valence-electron chi connectivity index (χ0n) is 11.5. The predicted octanol–water partition coefficient (Wildman–Crippen LogP) is 1.58. The molecule has 0 unspecified atom stereocenters. The Bertz CT molecular complexity index is 615. The summed E-state index contributed by atoms with van der Waals surface area (Å²) in [5.41, 5.74) is 0. The highest BCUT2D eigenvalue weighted by Crippen LogP contribution is 2.45. The van der Waals surface area contributed by atoms with Crippen LogP contribution in [0.3, 0.4) is 0 Å². The number of amides is 2. The zero-order chi connectivity index (χ0) is 15.9. The summed E-state index contributed by atoms with van der Waals surface area (Å²) in [6, 6.07) is 3.96. The second kappa shape index (κ2) is 5.64. The van der Waals surface area contributed by atoms with Crippen molar-refractivity contribution in [2.45, 2.75) is 6.04 Å². The summed E-state index contributed by atoms with van der Waals surface area (Å²) in [5, 5.41) is 11.7. The maximum absolute atomic E-state index is 13.2. The fraction of sp³-hybridized carbons (Fsp3) is 0.429. The monoisotopic (exact) mass is 328 g/mol. The zero-order valence-corrected chi connectivity index (χ0v) is 12.2. The van der Waals surface area contributed by atoms with Crippen molar-refractivity contribution in [2.75, 3.05) is 19.7 Å². The average Bonchev–Trinajstić information content (AvgIpc) is 2.92. The molecule has 1 aromatic carbocycles. The highest BCUT2D eigenvalue weighted by Gasteiger charge is 2.57. The van der Waals surface area contributed by atoms with Crippen LogP contribution in [0.25, 0.3) is 0 Å². The van der Waals surface area contributed by atoms with Crippen LogP contribution in [0.4, 0.5) is 9.18 Å². The number of benzene rings is 1. The second-order valence-electron chi connectivity index (χ2n) is 5.47. The molecule has 22 heavy (non-hydrogen) atoms. The van der Waals surface area contributed by atoms with Gasteiger partial charge in [0.1, 0.15) is 11.6 Å². The molecule has 2 amide bonds. The smallest absolute Gasteiger partial charge is 0.407 e. The number of nitrogens with zero attached hydrogens (tertiary/aromatic N) is 1. The van der Waals surface area contributed by atoms with Gasteiger partial charge < -0.3 is 20.1 Å². The van der Waals surface area contributed by atoms with Crippen LogP contribution in [-0.4, -0.2) is 47.7 Å². The van der Waals surface area contributed by atoms with E-state index in [1.54, 1.807) is 0 Å². The molecule has 6 nitrogen and oxygen atoms in total. The van der Waals surface area contributed by atoms with Crippen molar-refractivity contribution in [3.63, 3.8) is 0 Å². The summed E-state index contributed by atoms with van der Waals surface area (Å²) in [4.78, 5) is 23.9. The molecule has 3 atom stereocenters. The number of carbonyl (C=O) groups is 2. The summed E-state index contributed by atoms with van der Waals surface area (Å²) in [7, 11) is 0. The van der Waals surface area contributed by atoms with Crippen molar-refractivity contribution in [1.82, 2.24) is 10.2 Å². The minimum absolute atomic E-state index is 0.00801. The van der Waals surface area contributed by atoms with Gasteiger partial charge >= 0.3 is 6.09 Å². The summed E-state index contributed by atoms with van der Waals surface area (Å²) in [6.07, 6.45) is -0.926. The van der Waals surface area contributed by atoms with Crippen LogP contribution in [0.15, 0.2) is 18.2 Å². The van der Waals surface area contributed by atoms with Gasteiger partial charge in [0.15, 0.2) is 6.61 Å². The average molecular weight is 329 g/mol. The molecule has 1 aliphatic carbocycles. The first-order chi connectivity index (χ1) is 10.5. The van der Waals surface area contributed by atoms with Gasteiger partial charge in [-0.1, -0.05) is 11.6 Å². The summed E-state index contributed by atoms with van der Waals surface area (Å²) in [5.74, 6) is -0.312. The van der Waals surface area contributed by atoms with E-state index < -0.39 is 11.9 Å². The number of rotatable bonds is 4. The molecule has 2 fully saturated rings. The topological polar surface area (TPSA) is 78.9 Å². The highest BCUT2D eigenvalue weighted by atomic mass is 35.5. The molecule has 0 bridgehead atoms. The van der Waals surface area contributed by atoms with E-state index in [0.29, 0.717) is 13.1 Å². The Morgan fingerprint density at radius 2 is 2.09 bits per heavy atom. The van der Waals surface area contributed by atoms with Crippen LogP contribution in [-0.2, 0) is 4.79 Å². The number of piperidine rings is 1. The Hall–Kier alpha value is -2.02. The number of carboxylic acid groups (broad SMARTS) is 1. The molecule has 0 aromatic heterocycles. The molecule has 8 heteroatoms. The predicted molar refractivity (Wildman–Crippen MR) is 75.4 cm³/mol. The van der Waals surface area contributed by atoms with Crippen LogP contribution < -0.4 is 10.1 Å². The van der Waals surface area contributed by atoms with E-state index in [1.165, 1.54) is 17.0 Å². The fourth-order valence-electron chi connectivity index (χ4n) is 2.84. The molecule has 2 N–H and O–H groups in total. The Morgan fingerprint density at radius 3 is 2.68 bits per heavy atom. The third kappa shape index (κ3) is 2.94. The van der Waals surface area contributed by atoms with E-state index in [0.717, 1.165) is 6.07 Å². The SMILES string of the molecule is O=C(COc1ccc(Cl)c(F)c1)N[C@H]1[C@@H]2CN(C(=O)O)C[C@@H]21. The number of halogens is 2. The number of carbonyl (C=O) groups excluding carboxylic acids is 1. The first kappa shape index (κ1) is 14.9. The number of hydrogen-bond acceptors (Lipinski definition) is 3. The van der Waals surface area contributed by atoms with Gasteiger partial charge in [-0.3, -0.25) is 4.79 Å². The van der Waals surface area contributed by atoms with Gasteiger partial charge in [-0.15, -0.1) is 0 Å². The van der Waals surface area contributed by atoms with Gasteiger partial charge in [0, 0.05) is 37.0 Å². The Balaban J connectivity index is 1.43. The molecule has 2 aliphatic rings. The summed E-state index contributed by atoms with van der Waals surface area (Å²) >= 11 is 5.55. The second-order valence-corrected chi connectivity index (χ2v) is 5.88. The van der Waals surface area contributed by atoms with E-state index >= 15 is 0 Å². The van der Waals surface area contributed by atoms with Gasteiger partial charge in [-0.2, -0.15) is 0 Å². The quantitative estimate of drug-likeness (QED) is 0.879. The Labute approximate surface area is 130 Å². The lowest BCUT2D eigenvalue weighted by atomic mass is 10.3. The van der Waals surface area contributed by atoms with Crippen LogP contribution in [0.2, 0.25) is 5.02 Å². The van der Waals surface area contributed by atoms with Crippen molar-refractivity contribution in [2.24, 2.45) is 11.8 Å². The van der Waals surface area contributed by atoms with Crippen molar-refractivity contribution in [3.8, 4) is 5.75 Å². The van der Waals surface area contributed by atoms with E-state index in [-0.39, 0.29) is 41.2 Å². The Kier molecular flexibility index (Phi) is 3.82. The summed E-state index contributed by atoms with van der Waals surface area (Å²) < 4.78 is 18.4. The number of likely N-dealkylation sites (tertiary alicyclic amines) is 1. The maximum Gasteiger partial charge on any atom is 0.407 e. The minimum Gasteiger partial charge on any atom is -0.484 e. The van der Waals surface area contributed by atoms with E-state index in [4.69, 9.17) is 21.4 Å². The van der Waals surface area contributed by atoms with Gasteiger partial charge in [-0.25, -0.2) is 9.18 Å². The largest absolute Gasteiger partial charge is 0.484 e.